The number of amides is 1. The summed E-state index contributed by atoms with van der Waals surface area (Å²) in [6, 6.07) is 4.13. The van der Waals surface area contributed by atoms with E-state index in [0.717, 1.165) is 19.3 Å². The SMILES string of the molecule is O=C(c1cc(O)cc(O)c1)N1CCOC2CCCC21. The summed E-state index contributed by atoms with van der Waals surface area (Å²) in [5.41, 5.74) is 0.324. The van der Waals surface area contributed by atoms with Crippen LogP contribution >= 0.6 is 0 Å². The molecule has 1 saturated heterocycles. The first-order valence-corrected chi connectivity index (χ1v) is 6.61. The lowest BCUT2D eigenvalue weighted by Gasteiger charge is -2.37. The summed E-state index contributed by atoms with van der Waals surface area (Å²) >= 11 is 0. The van der Waals surface area contributed by atoms with Gasteiger partial charge < -0.3 is 19.8 Å². The van der Waals surface area contributed by atoms with E-state index in [1.807, 2.05) is 4.90 Å². The second kappa shape index (κ2) is 4.74. The topological polar surface area (TPSA) is 70.0 Å². The van der Waals surface area contributed by atoms with Crippen LogP contribution in [0.2, 0.25) is 0 Å². The van der Waals surface area contributed by atoms with E-state index in [9.17, 15) is 15.0 Å². The molecular formula is C14H17NO4. The molecule has 1 aliphatic heterocycles. The summed E-state index contributed by atoms with van der Waals surface area (Å²) < 4.78 is 5.67. The number of aromatic hydroxyl groups is 2. The molecule has 1 aromatic rings. The van der Waals surface area contributed by atoms with Gasteiger partial charge in [0.2, 0.25) is 0 Å². The fraction of sp³-hybridized carbons (Fsp3) is 0.500. The van der Waals surface area contributed by atoms with Crippen LogP contribution in [0.4, 0.5) is 0 Å². The zero-order valence-electron chi connectivity index (χ0n) is 10.6. The minimum absolute atomic E-state index is 0.0976. The van der Waals surface area contributed by atoms with Crippen molar-refractivity contribution in [2.75, 3.05) is 13.2 Å². The number of carbonyl (C=O) groups excluding carboxylic acids is 1. The van der Waals surface area contributed by atoms with Gasteiger partial charge in [0, 0.05) is 18.2 Å². The maximum atomic E-state index is 12.5. The van der Waals surface area contributed by atoms with E-state index < -0.39 is 0 Å². The van der Waals surface area contributed by atoms with E-state index in [2.05, 4.69) is 0 Å². The second-order valence-corrected chi connectivity index (χ2v) is 5.14. The molecule has 3 rings (SSSR count). The highest BCUT2D eigenvalue weighted by Crippen LogP contribution is 2.31. The molecule has 0 bridgehead atoms. The summed E-state index contributed by atoms with van der Waals surface area (Å²) in [5, 5.41) is 18.9. The third-order valence-corrected chi connectivity index (χ3v) is 3.89. The monoisotopic (exact) mass is 263 g/mol. The Morgan fingerprint density at radius 1 is 1.21 bits per heavy atom. The highest BCUT2D eigenvalue weighted by Gasteiger charge is 2.38. The third-order valence-electron chi connectivity index (χ3n) is 3.89. The standard InChI is InChI=1S/C14H17NO4/c16-10-6-9(7-11(17)8-10)14(18)15-4-5-19-13-3-1-2-12(13)15/h6-8,12-13,16-17H,1-5H2. The molecule has 1 aromatic carbocycles. The first-order chi connectivity index (χ1) is 9.15. The number of phenolic OH excluding ortho intramolecular Hbond substituents is 2. The summed E-state index contributed by atoms with van der Waals surface area (Å²) in [6.07, 6.45) is 3.18. The molecule has 102 valence electrons. The van der Waals surface area contributed by atoms with Crippen LogP contribution in [-0.4, -0.2) is 46.3 Å². The van der Waals surface area contributed by atoms with Crippen molar-refractivity contribution in [2.45, 2.75) is 31.4 Å². The molecule has 2 N–H and O–H groups in total. The average molecular weight is 263 g/mol. The molecular weight excluding hydrogens is 246 g/mol. The van der Waals surface area contributed by atoms with Crippen molar-refractivity contribution >= 4 is 5.91 Å². The van der Waals surface area contributed by atoms with E-state index in [4.69, 9.17) is 4.74 Å². The normalized spacial score (nSPS) is 26.2. The minimum atomic E-state index is -0.147. The van der Waals surface area contributed by atoms with Crippen molar-refractivity contribution in [3.63, 3.8) is 0 Å². The fourth-order valence-corrected chi connectivity index (χ4v) is 3.06. The van der Waals surface area contributed by atoms with Crippen LogP contribution in [-0.2, 0) is 4.74 Å². The maximum Gasteiger partial charge on any atom is 0.254 e. The summed E-state index contributed by atoms with van der Waals surface area (Å²) in [7, 11) is 0. The fourth-order valence-electron chi connectivity index (χ4n) is 3.06. The van der Waals surface area contributed by atoms with Gasteiger partial charge in [-0.15, -0.1) is 0 Å². The molecule has 1 heterocycles. The zero-order valence-corrected chi connectivity index (χ0v) is 10.6. The highest BCUT2D eigenvalue weighted by atomic mass is 16.5. The van der Waals surface area contributed by atoms with Crippen molar-refractivity contribution < 1.29 is 19.7 Å². The Bertz CT molecular complexity index is 482. The van der Waals surface area contributed by atoms with Gasteiger partial charge in [-0.05, 0) is 31.4 Å². The Morgan fingerprint density at radius 3 is 2.68 bits per heavy atom. The molecule has 1 aliphatic carbocycles. The van der Waals surface area contributed by atoms with Crippen LogP contribution in [0.5, 0.6) is 11.5 Å². The van der Waals surface area contributed by atoms with E-state index in [0.29, 0.717) is 18.7 Å². The van der Waals surface area contributed by atoms with Crippen molar-refractivity contribution in [2.24, 2.45) is 0 Å². The van der Waals surface area contributed by atoms with Crippen molar-refractivity contribution in [3.8, 4) is 11.5 Å². The van der Waals surface area contributed by atoms with E-state index in [-0.39, 0.29) is 29.6 Å². The lowest BCUT2D eigenvalue weighted by molar-refractivity contribution is -0.0445. The van der Waals surface area contributed by atoms with Gasteiger partial charge in [0.25, 0.3) is 5.91 Å². The van der Waals surface area contributed by atoms with Gasteiger partial charge in [0.15, 0.2) is 0 Å². The van der Waals surface area contributed by atoms with Gasteiger partial charge in [-0.1, -0.05) is 0 Å². The zero-order chi connectivity index (χ0) is 13.4. The minimum Gasteiger partial charge on any atom is -0.508 e. The molecule has 1 saturated carbocycles. The van der Waals surface area contributed by atoms with Crippen LogP contribution in [0.1, 0.15) is 29.6 Å². The maximum absolute atomic E-state index is 12.5. The molecule has 0 radical (unpaired) electrons. The summed E-state index contributed by atoms with van der Waals surface area (Å²) in [6.45, 7) is 1.12. The third kappa shape index (κ3) is 2.26. The van der Waals surface area contributed by atoms with Crippen LogP contribution < -0.4 is 0 Å². The van der Waals surface area contributed by atoms with Crippen LogP contribution in [0.25, 0.3) is 0 Å². The largest absolute Gasteiger partial charge is 0.508 e. The van der Waals surface area contributed by atoms with E-state index >= 15 is 0 Å². The van der Waals surface area contributed by atoms with Gasteiger partial charge in [0.05, 0.1) is 18.8 Å². The quantitative estimate of drug-likeness (QED) is 0.805. The van der Waals surface area contributed by atoms with Crippen molar-refractivity contribution in [1.29, 1.82) is 0 Å². The number of benzene rings is 1. The summed E-state index contributed by atoms with van der Waals surface area (Å²) in [5.74, 6) is -0.342. The highest BCUT2D eigenvalue weighted by molar-refractivity contribution is 5.95. The molecule has 19 heavy (non-hydrogen) atoms. The van der Waals surface area contributed by atoms with Gasteiger partial charge in [0.1, 0.15) is 11.5 Å². The van der Waals surface area contributed by atoms with E-state index in [1.54, 1.807) is 0 Å². The lowest BCUT2D eigenvalue weighted by atomic mass is 10.1. The second-order valence-electron chi connectivity index (χ2n) is 5.14. The number of fused-ring (bicyclic) bond motifs is 1. The number of nitrogens with zero attached hydrogens (tertiary/aromatic N) is 1. The Hall–Kier alpha value is -1.75. The van der Waals surface area contributed by atoms with Gasteiger partial charge >= 0.3 is 0 Å². The molecule has 0 spiro atoms. The molecule has 2 aliphatic rings. The lowest BCUT2D eigenvalue weighted by Crippen LogP contribution is -2.51. The number of rotatable bonds is 1. The molecule has 5 nitrogen and oxygen atoms in total. The summed E-state index contributed by atoms with van der Waals surface area (Å²) in [4.78, 5) is 14.3. The van der Waals surface area contributed by atoms with Crippen LogP contribution in [0.3, 0.4) is 0 Å². The van der Waals surface area contributed by atoms with Crippen LogP contribution in [0, 0.1) is 0 Å². The first-order valence-electron chi connectivity index (χ1n) is 6.61. The van der Waals surface area contributed by atoms with Gasteiger partial charge in [-0.3, -0.25) is 4.79 Å². The Kier molecular flexibility index (Phi) is 3.06. The smallest absolute Gasteiger partial charge is 0.254 e. The number of hydrogen-bond acceptors (Lipinski definition) is 4. The molecule has 2 unspecified atom stereocenters. The number of morpholine rings is 1. The first kappa shape index (κ1) is 12.3. The number of carbonyl (C=O) groups is 1. The van der Waals surface area contributed by atoms with Crippen molar-refractivity contribution in [3.05, 3.63) is 23.8 Å². The number of ether oxygens (including phenoxy) is 1. The number of phenols is 2. The Balaban J connectivity index is 1.86. The predicted molar refractivity (Wildman–Crippen MR) is 68.2 cm³/mol. The molecule has 5 heteroatoms. The molecule has 2 atom stereocenters. The average Bonchev–Trinajstić information content (AvgIpc) is 2.84. The van der Waals surface area contributed by atoms with Gasteiger partial charge in [-0.25, -0.2) is 0 Å². The molecule has 1 amide bonds. The van der Waals surface area contributed by atoms with E-state index in [1.165, 1.54) is 18.2 Å². The molecule has 0 aromatic heterocycles. The van der Waals surface area contributed by atoms with Crippen LogP contribution in [0.15, 0.2) is 18.2 Å². The number of hydrogen-bond donors (Lipinski definition) is 2. The van der Waals surface area contributed by atoms with Gasteiger partial charge in [-0.2, -0.15) is 0 Å². The molecule has 2 fully saturated rings. The Morgan fingerprint density at radius 2 is 1.95 bits per heavy atom. The van der Waals surface area contributed by atoms with Crippen molar-refractivity contribution in [1.82, 2.24) is 4.90 Å². The predicted octanol–water partition coefficient (Wildman–Crippen LogP) is 1.49. The Labute approximate surface area is 111 Å².